The predicted octanol–water partition coefficient (Wildman–Crippen LogP) is 6.08. The number of hydrogen-bond acceptors (Lipinski definition) is 22. The average Bonchev–Trinajstić information content (AvgIpc) is 1.36. The number of rotatable bonds is 41. The van der Waals surface area contributed by atoms with Crippen LogP contribution in [0.25, 0.3) is 11.2 Å². The molecule has 0 radical (unpaired) electrons. The van der Waals surface area contributed by atoms with Crippen LogP contribution in [-0.2, 0) is 87.1 Å². The lowest BCUT2D eigenvalue weighted by atomic mass is 9.80. The number of alkyl halides is 3. The van der Waals surface area contributed by atoms with Crippen LogP contribution in [0.15, 0.2) is 120 Å². The van der Waals surface area contributed by atoms with E-state index in [0.29, 0.717) is 88.1 Å². The molecule has 1 fully saturated rings. The number of nitrogens with zero attached hydrogens (tertiary/aromatic N) is 8. The lowest BCUT2D eigenvalue weighted by molar-refractivity contribution is -0.170. The van der Waals surface area contributed by atoms with E-state index in [2.05, 4.69) is 51.5 Å². The van der Waals surface area contributed by atoms with Crippen LogP contribution in [0.4, 0.5) is 24.8 Å². The van der Waals surface area contributed by atoms with Crippen LogP contribution < -0.4 is 41.2 Å². The molecule has 4 heterocycles. The number of carbonyl (C=O) groups is 8. The monoisotopic (exact) mass is 1480 g/mol. The van der Waals surface area contributed by atoms with Gasteiger partial charge in [0.15, 0.2) is 11.2 Å². The fourth-order valence-electron chi connectivity index (χ4n) is 11.4. The molecule has 0 bridgehead atoms. The second-order valence-electron chi connectivity index (χ2n) is 24.9. The van der Waals surface area contributed by atoms with Gasteiger partial charge >= 0.3 is 24.0 Å². The number of H-pyrrole nitrogens is 1. The van der Waals surface area contributed by atoms with Crippen LogP contribution >= 0.6 is 0 Å². The first-order chi connectivity index (χ1) is 51.0. The zero-order chi connectivity index (χ0) is 76.2. The fraction of sp³-hybridized carbons (Fsp3) is 0.452. The second kappa shape index (κ2) is 39.9. The Kier molecular flexibility index (Phi) is 30.5. The number of aromatic nitrogens is 7. The summed E-state index contributed by atoms with van der Waals surface area (Å²) in [5, 5.41) is 18.7. The molecule has 3 aromatic heterocycles. The van der Waals surface area contributed by atoms with E-state index in [4.69, 9.17) is 37.9 Å². The minimum Gasteiger partial charge on any atom is -0.497 e. The number of esters is 2. The summed E-state index contributed by atoms with van der Waals surface area (Å²) in [5.74, 6) is -5.18. The molecule has 0 saturated carbocycles. The molecule has 3 atom stereocenters. The number of amides is 6. The van der Waals surface area contributed by atoms with Crippen LogP contribution in [-0.4, -0.2) is 199 Å². The largest absolute Gasteiger partial charge is 0.497 e. The molecule has 0 spiro atoms. The summed E-state index contributed by atoms with van der Waals surface area (Å²) in [6, 6.07) is 27.7. The number of anilines is 2. The topological polar surface area (TPSA) is 367 Å². The molecule has 0 aliphatic carbocycles. The first kappa shape index (κ1) is 80.9. The normalized spacial score (nSPS) is 13.9. The Bertz CT molecular complexity index is 4080. The van der Waals surface area contributed by atoms with Crippen molar-refractivity contribution in [1.29, 1.82) is 0 Å². The van der Waals surface area contributed by atoms with Gasteiger partial charge in [0.2, 0.25) is 29.6 Å². The molecule has 6 amide bonds. The van der Waals surface area contributed by atoms with Crippen molar-refractivity contribution in [3.05, 3.63) is 160 Å². The van der Waals surface area contributed by atoms with Crippen LogP contribution in [0.1, 0.15) is 110 Å². The number of carbonyl (C=O) groups excluding carboxylic acids is 8. The minimum absolute atomic E-state index is 0.0271. The Morgan fingerprint density at radius 3 is 1.99 bits per heavy atom. The van der Waals surface area contributed by atoms with E-state index in [-0.39, 0.29) is 104 Å². The first-order valence-electron chi connectivity index (χ1n) is 34.5. The number of aromatic amines is 1. The van der Waals surface area contributed by atoms with Gasteiger partial charge in [-0.05, 0) is 97.3 Å². The molecule has 7 aromatic rings. The van der Waals surface area contributed by atoms with Crippen LogP contribution in [0.2, 0.25) is 0 Å². The summed E-state index contributed by atoms with van der Waals surface area (Å²) in [5.41, 5.74) is -0.0872. The zero-order valence-electron chi connectivity index (χ0n) is 59.8. The van der Waals surface area contributed by atoms with Crippen molar-refractivity contribution in [2.75, 3.05) is 97.9 Å². The van der Waals surface area contributed by atoms with E-state index in [0.717, 1.165) is 60.0 Å². The number of fused-ring (bicyclic) bond motifs is 1. The van der Waals surface area contributed by atoms with Gasteiger partial charge in [-0.3, -0.25) is 58.2 Å². The number of hydrogen-bond donors (Lipinski definition) is 5. The van der Waals surface area contributed by atoms with Crippen molar-refractivity contribution < 1.29 is 89.4 Å². The Morgan fingerprint density at radius 2 is 1.37 bits per heavy atom. The molecule has 106 heavy (non-hydrogen) atoms. The third kappa shape index (κ3) is 23.4. The summed E-state index contributed by atoms with van der Waals surface area (Å²) in [7, 11) is 5.79. The molecule has 1 aliphatic rings. The van der Waals surface area contributed by atoms with Gasteiger partial charge < -0.3 is 58.7 Å². The van der Waals surface area contributed by atoms with Gasteiger partial charge in [0.1, 0.15) is 29.2 Å². The smallest absolute Gasteiger partial charge is 0.471 e. The van der Waals surface area contributed by atoms with Crippen LogP contribution in [0.5, 0.6) is 11.5 Å². The zero-order valence-corrected chi connectivity index (χ0v) is 59.8. The summed E-state index contributed by atoms with van der Waals surface area (Å²) in [6.07, 6.45) is -1.08. The van der Waals surface area contributed by atoms with Gasteiger partial charge in [0.25, 0.3) is 11.5 Å². The van der Waals surface area contributed by atoms with Gasteiger partial charge in [-0.1, -0.05) is 73.7 Å². The maximum absolute atomic E-state index is 14.3. The van der Waals surface area contributed by atoms with Crippen molar-refractivity contribution in [3.63, 3.8) is 0 Å². The Balaban J connectivity index is 0.704. The van der Waals surface area contributed by atoms with Gasteiger partial charge in [0.05, 0.1) is 97.5 Å². The predicted molar refractivity (Wildman–Crippen MR) is 377 cm³/mol. The van der Waals surface area contributed by atoms with Crippen molar-refractivity contribution in [3.8, 4) is 11.5 Å². The number of nitrogens with one attached hydrogen (secondary N) is 5. The molecule has 30 nitrogen and oxygen atoms in total. The molecular formula is C73H88F3N13O17. The Hall–Kier alpha value is -10.8. The maximum Gasteiger partial charge on any atom is 0.471 e. The maximum atomic E-state index is 14.3. The molecule has 8 rings (SSSR count). The summed E-state index contributed by atoms with van der Waals surface area (Å²) < 4.78 is 89.4. The summed E-state index contributed by atoms with van der Waals surface area (Å²) in [6.45, 7) is 5.42. The van der Waals surface area contributed by atoms with Crippen molar-refractivity contribution in [1.82, 2.24) is 55.8 Å². The molecule has 1 saturated heterocycles. The van der Waals surface area contributed by atoms with Gasteiger partial charge in [0, 0.05) is 82.4 Å². The number of aryl methyl sites for hydroxylation is 2. The van der Waals surface area contributed by atoms with Crippen LogP contribution in [0.3, 0.4) is 0 Å². The highest BCUT2D eigenvalue weighted by atomic mass is 19.4. The number of benzene rings is 4. The van der Waals surface area contributed by atoms with Gasteiger partial charge in [-0.15, -0.1) is 5.10 Å². The molecule has 568 valence electrons. The van der Waals surface area contributed by atoms with E-state index in [1.165, 1.54) is 7.05 Å². The van der Waals surface area contributed by atoms with Crippen molar-refractivity contribution >= 4 is 70.2 Å². The highest BCUT2D eigenvalue weighted by molar-refractivity contribution is 6.00. The van der Waals surface area contributed by atoms with E-state index in [1.54, 1.807) is 37.6 Å². The van der Waals surface area contributed by atoms with Crippen molar-refractivity contribution in [2.24, 2.45) is 5.92 Å². The SMILES string of the molecule is CNC(=O)CCC(=O)O[C@@H]1C[C@@H](COC(c2ccccc2)(c2ccc(OC)cc2)c2ccc(OC)cc2)N(C(=O)CCCc2cn(CCCOCCOCCOCCCNC(=O)CC[C@@H](NC(=O)c3ccc(N(Cc4cnc5nc(NC(=O)C(C)C)[nH]c(=O)c5n4)C(=O)C(F)(F)F)cc3)C(=O)OC)nn2)C1. The van der Waals surface area contributed by atoms with Crippen molar-refractivity contribution in [2.45, 2.75) is 121 Å². The lowest BCUT2D eigenvalue weighted by Crippen LogP contribution is -2.42. The summed E-state index contributed by atoms with van der Waals surface area (Å²) in [4.78, 5) is 132. The Morgan fingerprint density at radius 1 is 0.726 bits per heavy atom. The van der Waals surface area contributed by atoms with Crippen LogP contribution in [0, 0.1) is 5.92 Å². The fourth-order valence-corrected chi connectivity index (χ4v) is 11.4. The average molecular weight is 1480 g/mol. The third-order valence-electron chi connectivity index (χ3n) is 17.0. The minimum atomic E-state index is -5.36. The second-order valence-corrected chi connectivity index (χ2v) is 24.9. The lowest BCUT2D eigenvalue weighted by Gasteiger charge is -2.38. The number of methoxy groups -OCH3 is 3. The number of likely N-dealkylation sites (tertiary alicyclic amines) is 1. The summed E-state index contributed by atoms with van der Waals surface area (Å²) >= 11 is 0. The van der Waals surface area contributed by atoms with E-state index in [9.17, 15) is 56.3 Å². The number of ether oxygens (including phenoxy) is 8. The van der Waals surface area contributed by atoms with Gasteiger partial charge in [-0.2, -0.15) is 18.2 Å². The van der Waals surface area contributed by atoms with E-state index >= 15 is 0 Å². The third-order valence-corrected chi connectivity index (χ3v) is 17.0. The quantitative estimate of drug-likeness (QED) is 0.0165. The molecular weight excluding hydrogens is 1390 g/mol. The molecule has 5 N–H and O–H groups in total. The van der Waals surface area contributed by atoms with E-state index in [1.807, 2.05) is 85.1 Å². The molecule has 4 aromatic carbocycles. The van der Waals surface area contributed by atoms with E-state index < -0.39 is 83.6 Å². The Labute approximate surface area is 609 Å². The highest BCUT2D eigenvalue weighted by Gasteiger charge is 2.45. The van der Waals surface area contributed by atoms with Gasteiger partial charge in [-0.25, -0.2) is 14.8 Å². The molecule has 33 heteroatoms. The highest BCUT2D eigenvalue weighted by Crippen LogP contribution is 2.43. The number of halogens is 3. The standard InChI is InChI=1S/C73H88F3N13O17/c1-47(2)66(94)83-71-82-65-64(68(96)84-71)80-53(42-79-65)44-89(70(98)73(74,75)76)54-23-17-48(18-24-54)67(95)81-59(69(97)101-6)29-30-61(91)78-33-11-35-102-37-39-104-40-38-103-36-12-34-87-43-52(85-86-87)15-10-16-62(92)88-45-58(106-63(93)32-31-60(90)77-3)41-55(88)46-105-72(49-13-8-7-9-14-49,50-19-25-56(99-4)26-20-50)51-21-27-57(100-5)28-22-51/h7-9,13-14,17-28,42-43,47,55,58-59H,10-12,15-16,29-41,44-46H2,1-6H3,(H,77,90)(H,78,91)(H,81,95)(H2,79,82,83,84,94,96)/t55-,58+,59+/m0/s1. The first-order valence-corrected chi connectivity index (χ1v) is 34.5. The molecule has 0 unspecified atom stereocenters. The molecule has 1 aliphatic heterocycles.